The van der Waals surface area contributed by atoms with E-state index in [1.807, 2.05) is 6.07 Å². The molecule has 1 saturated heterocycles. The van der Waals surface area contributed by atoms with Crippen molar-refractivity contribution in [2.24, 2.45) is 0 Å². The number of unbranched alkanes of at least 4 members (excludes halogenated alkanes) is 1. The zero-order chi connectivity index (χ0) is 42.8. The van der Waals surface area contributed by atoms with Gasteiger partial charge in [0.1, 0.15) is 16.8 Å². The van der Waals surface area contributed by atoms with Crippen LogP contribution in [0.1, 0.15) is 68.4 Å². The fraction of sp³-hybridized carbons (Fsp3) is 0.256. The zero-order valence-corrected chi connectivity index (χ0v) is 32.2. The molecule has 0 aliphatic carbocycles. The number of ether oxygens (including phenoxy) is 1. The Labute approximate surface area is 342 Å². The molecule has 3 aromatic heterocycles. The topological polar surface area (TPSA) is 241 Å². The highest BCUT2D eigenvalue weighted by molar-refractivity contribution is 7.15. The number of imide groups is 2. The average Bonchev–Trinajstić information content (AvgIpc) is 3.74. The van der Waals surface area contributed by atoms with Gasteiger partial charge in [-0.2, -0.15) is 5.10 Å². The Morgan fingerprint density at radius 2 is 1.63 bits per heavy atom. The van der Waals surface area contributed by atoms with Crippen molar-refractivity contribution >= 4 is 63.4 Å². The second kappa shape index (κ2) is 19.1. The summed E-state index contributed by atoms with van der Waals surface area (Å²) in [4.78, 5) is 77.0. The van der Waals surface area contributed by atoms with Gasteiger partial charge in [-0.3, -0.25) is 44.0 Å². The van der Waals surface area contributed by atoms with Crippen LogP contribution in [0.4, 0.5) is 29.8 Å². The Hall–Kier alpha value is -7.16. The number of carbonyl (C=O) groups is 6. The number of aromatic nitrogens is 5. The van der Waals surface area contributed by atoms with Crippen molar-refractivity contribution < 1.29 is 46.7 Å². The first-order valence-corrected chi connectivity index (χ1v) is 19.1. The van der Waals surface area contributed by atoms with Crippen LogP contribution in [0.25, 0.3) is 0 Å². The summed E-state index contributed by atoms with van der Waals surface area (Å²) in [7, 11) is 0. The fourth-order valence-corrected chi connectivity index (χ4v) is 6.94. The molecule has 310 valence electrons. The van der Waals surface area contributed by atoms with Crippen LogP contribution in [0.3, 0.4) is 0 Å². The van der Waals surface area contributed by atoms with Crippen LogP contribution in [0.2, 0.25) is 0 Å². The minimum atomic E-state index is -4.81. The molecule has 7 rings (SSSR count). The molecule has 1 fully saturated rings. The lowest BCUT2D eigenvalue weighted by atomic mass is 10.0. The zero-order valence-electron chi connectivity index (χ0n) is 31.4. The van der Waals surface area contributed by atoms with Gasteiger partial charge in [0, 0.05) is 30.4 Å². The molecule has 2 aliphatic rings. The molecule has 0 radical (unpaired) electrons. The molecule has 1 unspecified atom stereocenters. The second-order valence-electron chi connectivity index (χ2n) is 13.3. The van der Waals surface area contributed by atoms with Gasteiger partial charge in [-0.05, 0) is 79.8 Å². The number of piperidine rings is 1. The third-order valence-electron chi connectivity index (χ3n) is 8.84. The summed E-state index contributed by atoms with van der Waals surface area (Å²) in [6, 6.07) is 17.6. The van der Waals surface area contributed by atoms with E-state index >= 15 is 0 Å². The lowest BCUT2D eigenvalue weighted by Crippen LogP contribution is -2.54. The number of carbonyl (C=O) groups excluding carboxylic acids is 6. The predicted molar refractivity (Wildman–Crippen MR) is 208 cm³/mol. The molecule has 21 heteroatoms. The summed E-state index contributed by atoms with van der Waals surface area (Å²) in [5.41, 5.74) is 8.02. The number of pyridine rings is 1. The number of hydrogen-bond acceptors (Lipinski definition) is 14. The number of hydrogen-bond donors (Lipinski definition) is 4. The van der Waals surface area contributed by atoms with Crippen molar-refractivity contribution in [3.63, 3.8) is 0 Å². The summed E-state index contributed by atoms with van der Waals surface area (Å²) in [5, 5.41) is 25.0. The minimum Gasteiger partial charge on any atom is -0.406 e. The van der Waals surface area contributed by atoms with E-state index in [9.17, 15) is 41.9 Å². The molecule has 2 aliphatic heterocycles. The van der Waals surface area contributed by atoms with Crippen molar-refractivity contribution in [2.75, 3.05) is 16.4 Å². The Bertz CT molecular complexity index is 2400. The molecule has 0 saturated carbocycles. The van der Waals surface area contributed by atoms with Crippen LogP contribution in [-0.2, 0) is 44.9 Å². The van der Waals surface area contributed by atoms with Gasteiger partial charge in [-0.25, -0.2) is 0 Å². The first-order chi connectivity index (χ1) is 28.7. The molecule has 2 aromatic carbocycles. The maximum Gasteiger partial charge on any atom is 0.573 e. The van der Waals surface area contributed by atoms with E-state index in [4.69, 9.17) is 5.73 Å². The third kappa shape index (κ3) is 11.5. The fourth-order valence-electron chi connectivity index (χ4n) is 6.14. The van der Waals surface area contributed by atoms with E-state index < -0.39 is 47.7 Å². The number of alkyl halides is 3. The van der Waals surface area contributed by atoms with Gasteiger partial charge in [0.15, 0.2) is 5.82 Å². The number of benzene rings is 2. The number of aryl methyl sites for hydroxylation is 2. The van der Waals surface area contributed by atoms with Crippen molar-refractivity contribution in [1.82, 2.24) is 35.6 Å². The Balaban J connectivity index is 0.000000251. The maximum atomic E-state index is 12.4. The Morgan fingerprint density at radius 3 is 2.35 bits per heavy atom. The highest BCUT2D eigenvalue weighted by atomic mass is 32.1. The lowest BCUT2D eigenvalue weighted by Gasteiger charge is -2.27. The van der Waals surface area contributed by atoms with Crippen molar-refractivity contribution in [1.29, 1.82) is 0 Å². The molecule has 60 heavy (non-hydrogen) atoms. The predicted octanol–water partition coefficient (Wildman–Crippen LogP) is 4.22. The lowest BCUT2D eigenvalue weighted by molar-refractivity contribution is -0.274. The number of fused-ring (bicyclic) bond motifs is 1. The van der Waals surface area contributed by atoms with Gasteiger partial charge in [-0.15, -0.1) is 28.5 Å². The third-order valence-corrected chi connectivity index (χ3v) is 9.74. The number of nitrogens with one attached hydrogen (secondary N) is 3. The van der Waals surface area contributed by atoms with Crippen LogP contribution in [0, 0.1) is 0 Å². The van der Waals surface area contributed by atoms with Crippen LogP contribution < -0.4 is 26.4 Å². The second-order valence-corrected chi connectivity index (χ2v) is 14.4. The quantitative estimate of drug-likeness (QED) is 0.0739. The molecule has 17 nitrogen and oxygen atoms in total. The van der Waals surface area contributed by atoms with Crippen LogP contribution in [0.15, 0.2) is 79.0 Å². The van der Waals surface area contributed by atoms with E-state index in [1.165, 1.54) is 35.6 Å². The van der Waals surface area contributed by atoms with Gasteiger partial charge in [-0.1, -0.05) is 35.6 Å². The summed E-state index contributed by atoms with van der Waals surface area (Å²) >= 11 is 1.33. The smallest absolute Gasteiger partial charge is 0.406 e. The molecule has 0 bridgehead atoms. The van der Waals surface area contributed by atoms with Crippen LogP contribution in [-0.4, -0.2) is 78.1 Å². The summed E-state index contributed by atoms with van der Waals surface area (Å²) in [5.74, 6) is -2.97. The summed E-state index contributed by atoms with van der Waals surface area (Å²) < 4.78 is 41.1. The molecular formula is C39H35F3N10O7S. The van der Waals surface area contributed by atoms with Gasteiger partial charge in [0.05, 0.1) is 29.7 Å². The average molecular weight is 845 g/mol. The molecule has 5 aromatic rings. The highest BCUT2D eigenvalue weighted by Gasteiger charge is 2.45. The molecule has 6 amide bonds. The first kappa shape index (κ1) is 42.4. The standard InChI is InChI=1S/C26H24F3N7O3S.C13H11N3O4/c27-26(28,29)39-20-9-5-6-17(14-20)15-22(37)31-21-12-11-18(33-34-21)7-1-2-10-24-35-36-25(40-24)32-23(38)16-19-8-3-4-13-30-19;14-7-3-1-2-6-10(7)13(20)16(12(6)19)8-4-5-9(17)15-11(8)18/h3-6,8-9,11-14H,1-2,7,10,15-16H2,(H,31,34,37)(H,32,36,38);1-3,8H,4-5,14H2,(H,15,17,18). The number of amides is 6. The Morgan fingerprint density at radius 1 is 0.850 bits per heavy atom. The van der Waals surface area contributed by atoms with E-state index in [2.05, 4.69) is 46.1 Å². The van der Waals surface area contributed by atoms with Crippen molar-refractivity contribution in [3.8, 4) is 5.75 Å². The maximum absolute atomic E-state index is 12.4. The number of anilines is 3. The Kier molecular flexibility index (Phi) is 13.5. The van der Waals surface area contributed by atoms with Gasteiger partial charge < -0.3 is 21.1 Å². The number of halogens is 3. The van der Waals surface area contributed by atoms with Crippen LogP contribution in [0.5, 0.6) is 5.75 Å². The largest absolute Gasteiger partial charge is 0.573 e. The van der Waals surface area contributed by atoms with Gasteiger partial charge in [0.25, 0.3) is 11.8 Å². The van der Waals surface area contributed by atoms with Crippen molar-refractivity contribution in [2.45, 2.75) is 63.8 Å². The molecule has 5 N–H and O–H groups in total. The normalized spacial score (nSPS) is 14.8. The first-order valence-electron chi connectivity index (χ1n) is 18.3. The van der Waals surface area contributed by atoms with E-state index in [1.54, 1.807) is 36.5 Å². The number of rotatable bonds is 13. The van der Waals surface area contributed by atoms with Crippen molar-refractivity contribution in [3.05, 3.63) is 112 Å². The molecule has 0 spiro atoms. The summed E-state index contributed by atoms with van der Waals surface area (Å²) in [6.07, 6.45) is 0.0790. The molecular weight excluding hydrogens is 810 g/mol. The number of nitrogens with two attached hydrogens (primary N) is 1. The number of nitrogens with zero attached hydrogens (tertiary/aromatic N) is 6. The number of nitrogen functional groups attached to an aromatic ring is 1. The minimum absolute atomic E-state index is 0.0965. The summed E-state index contributed by atoms with van der Waals surface area (Å²) in [6.45, 7) is 0. The van der Waals surface area contributed by atoms with Gasteiger partial charge in [0.2, 0.25) is 28.8 Å². The highest BCUT2D eigenvalue weighted by Crippen LogP contribution is 2.31. The van der Waals surface area contributed by atoms with Crippen LogP contribution >= 0.6 is 11.3 Å². The molecule has 1 atom stereocenters. The SMILES string of the molecule is Nc1cccc2c1C(=O)N(C1CCC(=O)NC1=O)C2=O.O=C(Cc1cccc(OC(F)(F)F)c1)Nc1ccc(CCCCc2nnc(NC(=O)Cc3ccccn3)s2)nn1. The van der Waals surface area contributed by atoms with E-state index in [0.29, 0.717) is 29.2 Å². The van der Waals surface area contributed by atoms with E-state index in [0.717, 1.165) is 40.6 Å². The van der Waals surface area contributed by atoms with Gasteiger partial charge >= 0.3 is 6.36 Å². The monoisotopic (exact) mass is 844 g/mol. The molecule has 5 heterocycles. The van der Waals surface area contributed by atoms with E-state index in [-0.39, 0.29) is 54.2 Å².